The fraction of sp³-hybridized carbons (Fsp3) is 0.385. The molecule has 1 rings (SSSR count). The van der Waals surface area contributed by atoms with Gasteiger partial charge in [-0.1, -0.05) is 18.5 Å². The van der Waals surface area contributed by atoms with E-state index in [1.54, 1.807) is 0 Å². The quantitative estimate of drug-likeness (QED) is 0.818. The molecule has 1 aromatic rings. The second kappa shape index (κ2) is 7.31. The third-order valence-corrected chi connectivity index (χ3v) is 2.78. The van der Waals surface area contributed by atoms with E-state index in [2.05, 4.69) is 10.6 Å². The maximum absolute atomic E-state index is 12.7. The van der Waals surface area contributed by atoms with Crippen LogP contribution in [0, 0.1) is 0 Å². The van der Waals surface area contributed by atoms with E-state index in [1.807, 2.05) is 6.92 Å². The summed E-state index contributed by atoms with van der Waals surface area (Å²) in [4.78, 5) is 22.9. The Morgan fingerprint density at radius 2 is 1.90 bits per heavy atom. The van der Waals surface area contributed by atoms with Crippen LogP contribution >= 0.6 is 11.6 Å². The van der Waals surface area contributed by atoms with Crippen molar-refractivity contribution >= 4 is 29.1 Å². The first-order chi connectivity index (χ1) is 9.74. The van der Waals surface area contributed by atoms with Gasteiger partial charge < -0.3 is 10.6 Å². The number of amides is 2. The lowest BCUT2D eigenvalue weighted by atomic mass is 10.2. The number of alkyl halides is 3. The van der Waals surface area contributed by atoms with Crippen molar-refractivity contribution in [3.05, 3.63) is 28.8 Å². The van der Waals surface area contributed by atoms with Crippen LogP contribution in [0.1, 0.15) is 25.3 Å². The van der Waals surface area contributed by atoms with Crippen LogP contribution in [0.25, 0.3) is 0 Å². The minimum Gasteiger partial charge on any atom is -0.356 e. The minimum absolute atomic E-state index is 0.0694. The molecule has 0 aromatic heterocycles. The first kappa shape index (κ1) is 17.3. The van der Waals surface area contributed by atoms with Crippen LogP contribution in [0.15, 0.2) is 18.2 Å². The third kappa shape index (κ3) is 5.63. The molecule has 2 N–H and O–H groups in total. The van der Waals surface area contributed by atoms with E-state index >= 15 is 0 Å². The Hall–Kier alpha value is -1.76. The Morgan fingerprint density at radius 3 is 2.48 bits per heavy atom. The molecule has 0 heterocycles. The Labute approximate surface area is 124 Å². The number of benzene rings is 1. The lowest BCUT2D eigenvalue weighted by molar-refractivity contribution is -0.137. The molecular formula is C13H14ClF3N2O2. The summed E-state index contributed by atoms with van der Waals surface area (Å²) in [5, 5.41) is 4.27. The average molecular weight is 323 g/mol. The smallest absolute Gasteiger partial charge is 0.356 e. The molecule has 0 aliphatic heterocycles. The number of rotatable bonds is 5. The molecule has 0 radical (unpaired) electrons. The Balaban J connectivity index is 2.71. The van der Waals surface area contributed by atoms with E-state index in [1.165, 1.54) is 6.07 Å². The summed E-state index contributed by atoms with van der Waals surface area (Å²) in [7, 11) is 0. The van der Waals surface area contributed by atoms with Gasteiger partial charge in [0.2, 0.25) is 11.8 Å². The summed E-state index contributed by atoms with van der Waals surface area (Å²) < 4.78 is 38.0. The Kier molecular flexibility index (Phi) is 6.02. The first-order valence-corrected chi connectivity index (χ1v) is 6.55. The van der Waals surface area contributed by atoms with E-state index in [4.69, 9.17) is 11.6 Å². The fourth-order valence-electron chi connectivity index (χ4n) is 1.50. The fourth-order valence-corrected chi connectivity index (χ4v) is 1.72. The van der Waals surface area contributed by atoms with E-state index < -0.39 is 35.0 Å². The van der Waals surface area contributed by atoms with Crippen molar-refractivity contribution in [2.75, 3.05) is 11.9 Å². The van der Waals surface area contributed by atoms with Gasteiger partial charge in [0, 0.05) is 12.2 Å². The molecule has 2 amide bonds. The zero-order chi connectivity index (χ0) is 16.0. The number of halogens is 4. The zero-order valence-corrected chi connectivity index (χ0v) is 11.9. The number of anilines is 1. The van der Waals surface area contributed by atoms with E-state index in [9.17, 15) is 22.8 Å². The molecule has 0 unspecified atom stereocenters. The number of hydrogen-bond donors (Lipinski definition) is 2. The molecule has 8 heteroatoms. The van der Waals surface area contributed by atoms with Gasteiger partial charge >= 0.3 is 6.18 Å². The number of carbonyl (C=O) groups is 2. The zero-order valence-electron chi connectivity index (χ0n) is 11.2. The minimum atomic E-state index is -4.61. The van der Waals surface area contributed by atoms with Crippen molar-refractivity contribution in [1.82, 2.24) is 5.32 Å². The molecule has 0 aliphatic rings. The van der Waals surface area contributed by atoms with Crippen molar-refractivity contribution in [3.63, 3.8) is 0 Å². The highest BCUT2D eigenvalue weighted by Gasteiger charge is 2.33. The molecule has 4 nitrogen and oxygen atoms in total. The highest BCUT2D eigenvalue weighted by atomic mass is 35.5. The normalized spacial score (nSPS) is 11.1. The van der Waals surface area contributed by atoms with Crippen LogP contribution in [0.2, 0.25) is 5.02 Å². The highest BCUT2D eigenvalue weighted by molar-refractivity contribution is 6.31. The lowest BCUT2D eigenvalue weighted by Gasteiger charge is -2.11. The van der Waals surface area contributed by atoms with Crippen LogP contribution < -0.4 is 10.6 Å². The molecule has 1 aromatic carbocycles. The van der Waals surface area contributed by atoms with E-state index in [0.29, 0.717) is 6.54 Å². The summed E-state index contributed by atoms with van der Waals surface area (Å²) in [5.74, 6) is -1.18. The highest BCUT2D eigenvalue weighted by Crippen LogP contribution is 2.36. The molecule has 0 fully saturated rings. The SMILES string of the molecule is CCCNC(=O)CC(=O)Nc1ccc(Cl)c(C(F)(F)F)c1. The summed E-state index contributed by atoms with van der Waals surface area (Å²) >= 11 is 5.46. The second-order valence-corrected chi connectivity index (χ2v) is 4.67. The summed E-state index contributed by atoms with van der Waals surface area (Å²) in [6.45, 7) is 2.29. The Morgan fingerprint density at radius 1 is 1.24 bits per heavy atom. The molecule has 0 spiro atoms. The van der Waals surface area contributed by atoms with Gasteiger partial charge in [-0.3, -0.25) is 9.59 Å². The number of nitrogens with one attached hydrogen (secondary N) is 2. The molecule has 0 saturated heterocycles. The standard InChI is InChI=1S/C13H14ClF3N2O2/c1-2-5-18-11(20)7-12(21)19-8-3-4-10(14)9(6-8)13(15,16)17/h3-4,6H,2,5,7H2,1H3,(H,18,20)(H,19,21). The lowest BCUT2D eigenvalue weighted by Crippen LogP contribution is -2.28. The van der Waals surface area contributed by atoms with Crippen molar-refractivity contribution in [2.45, 2.75) is 25.9 Å². The van der Waals surface area contributed by atoms with Gasteiger partial charge in [-0.15, -0.1) is 0 Å². The average Bonchev–Trinajstić information content (AvgIpc) is 2.37. The van der Waals surface area contributed by atoms with Gasteiger partial charge in [0.25, 0.3) is 0 Å². The van der Waals surface area contributed by atoms with Gasteiger partial charge in [0.1, 0.15) is 6.42 Å². The first-order valence-electron chi connectivity index (χ1n) is 6.17. The monoisotopic (exact) mass is 322 g/mol. The summed E-state index contributed by atoms with van der Waals surface area (Å²) in [5.41, 5.74) is -1.11. The van der Waals surface area contributed by atoms with Crippen molar-refractivity contribution in [2.24, 2.45) is 0 Å². The Bertz CT molecular complexity index is 533. The maximum atomic E-state index is 12.7. The molecule has 116 valence electrons. The topological polar surface area (TPSA) is 58.2 Å². The van der Waals surface area contributed by atoms with Crippen molar-refractivity contribution < 1.29 is 22.8 Å². The molecule has 0 saturated carbocycles. The second-order valence-electron chi connectivity index (χ2n) is 4.27. The third-order valence-electron chi connectivity index (χ3n) is 2.45. The van der Waals surface area contributed by atoms with Crippen LogP contribution in [-0.2, 0) is 15.8 Å². The summed E-state index contributed by atoms with van der Waals surface area (Å²) in [6.07, 6.45) is -4.35. The number of carbonyl (C=O) groups excluding carboxylic acids is 2. The van der Waals surface area contributed by atoms with Gasteiger partial charge in [-0.25, -0.2) is 0 Å². The summed E-state index contributed by atoms with van der Waals surface area (Å²) in [6, 6.07) is 3.00. The maximum Gasteiger partial charge on any atom is 0.417 e. The van der Waals surface area contributed by atoms with Gasteiger partial charge in [-0.05, 0) is 24.6 Å². The molecule has 0 atom stereocenters. The van der Waals surface area contributed by atoms with Gasteiger partial charge in [0.05, 0.1) is 10.6 Å². The molecular weight excluding hydrogens is 309 g/mol. The van der Waals surface area contributed by atoms with Gasteiger partial charge in [-0.2, -0.15) is 13.2 Å². The van der Waals surface area contributed by atoms with Gasteiger partial charge in [0.15, 0.2) is 0 Å². The largest absolute Gasteiger partial charge is 0.417 e. The van der Waals surface area contributed by atoms with Crippen molar-refractivity contribution in [1.29, 1.82) is 0 Å². The number of hydrogen-bond acceptors (Lipinski definition) is 2. The predicted octanol–water partition coefficient (Wildman–Crippen LogP) is 3.21. The van der Waals surface area contributed by atoms with E-state index in [0.717, 1.165) is 18.6 Å². The molecule has 0 aliphatic carbocycles. The van der Waals surface area contributed by atoms with Crippen LogP contribution in [0.4, 0.5) is 18.9 Å². The van der Waals surface area contributed by atoms with Crippen molar-refractivity contribution in [3.8, 4) is 0 Å². The predicted molar refractivity (Wildman–Crippen MR) is 73.0 cm³/mol. The molecule has 0 bridgehead atoms. The van der Waals surface area contributed by atoms with Crippen LogP contribution in [0.3, 0.4) is 0 Å². The van der Waals surface area contributed by atoms with Crippen LogP contribution in [0.5, 0.6) is 0 Å². The van der Waals surface area contributed by atoms with E-state index in [-0.39, 0.29) is 5.69 Å². The van der Waals surface area contributed by atoms with Crippen LogP contribution in [-0.4, -0.2) is 18.4 Å². The molecule has 21 heavy (non-hydrogen) atoms.